The Balaban J connectivity index is 0.000000137. The molecule has 4 aliphatic rings. The number of ether oxygens (including phenoxy) is 1. The average molecular weight is 1720 g/mol. The summed E-state index contributed by atoms with van der Waals surface area (Å²) in [4.78, 5) is 107. The molecule has 13 aromatic rings. The van der Waals surface area contributed by atoms with Crippen LogP contribution in [0, 0.1) is 19.7 Å². The van der Waals surface area contributed by atoms with Crippen molar-refractivity contribution in [3.05, 3.63) is 252 Å². The smallest absolute Gasteiger partial charge is 0.244 e. The normalized spacial score (nSPS) is 14.0. The number of aromatic nitrogens is 17. The number of piperazine rings is 4. The Morgan fingerprint density at radius 2 is 0.654 bits per heavy atom. The standard InChI is InChI=1S/C26H27N7O.C24H30N6O2.C23H27FN6O.C23H28N6O/c1-19-9-10-22(29-20(19)2)24-17-23(21-7-4-3-5-8-21)30-33(24)18-25(34)31-13-15-32(16-14-31)26-27-11-6-12-28-26;1-4-18-7-6-8-19(13-18)22-14-20(5-2)30(27-22)17-23(31)28-9-11-29(12-10-28)24-25-15-21(32-3)16-26-24;1-3-17-6-5-7-18(12-17)21-13-20(4-2)30(27-21)16-22(31)28-8-10-29(11-9-28)23-25-14-19(24)15-26-23;1-3-18-7-5-8-19(15-18)21-16-20(4-2)29(26-21)17-22(30)27-11-13-28(14-12-27)23-24-9-6-10-25-23/h3-12,17H,13-16,18H2,1-2H3;6-8,13-16H,4-5,9-12,17H2,1-3H3;5-7,12-15H,3-4,8-11,16H2,1-2H3;5-10,15-16H,3-4,11-14,17H2,1-2H3. The molecule has 0 N–H and O–H groups in total. The van der Waals surface area contributed by atoms with Crippen molar-refractivity contribution in [2.75, 3.05) is 131 Å². The van der Waals surface area contributed by atoms with Gasteiger partial charge in [-0.3, -0.25) is 42.9 Å². The third-order valence-electron chi connectivity index (χ3n) is 23.4. The summed E-state index contributed by atoms with van der Waals surface area (Å²) in [6.45, 7) is 28.2. The minimum Gasteiger partial charge on any atom is -0.494 e. The number of anilines is 4. The van der Waals surface area contributed by atoms with Crippen LogP contribution < -0.4 is 24.3 Å². The second kappa shape index (κ2) is 43.1. The summed E-state index contributed by atoms with van der Waals surface area (Å²) in [5, 5.41) is 19.1. The highest BCUT2D eigenvalue weighted by molar-refractivity contribution is 5.80. The Hall–Kier alpha value is -14.0. The number of hydrogen-bond donors (Lipinski definition) is 0. The summed E-state index contributed by atoms with van der Waals surface area (Å²) >= 11 is 0. The number of nitrogens with zero attached hydrogens (tertiary/aromatic N) is 25. The van der Waals surface area contributed by atoms with E-state index in [0.29, 0.717) is 115 Å². The van der Waals surface area contributed by atoms with Crippen LogP contribution in [0.4, 0.5) is 28.2 Å². The van der Waals surface area contributed by atoms with E-state index in [4.69, 9.17) is 30.1 Å². The zero-order chi connectivity index (χ0) is 88.7. The van der Waals surface area contributed by atoms with Crippen molar-refractivity contribution in [2.24, 2.45) is 0 Å². The van der Waals surface area contributed by atoms with Gasteiger partial charge in [0.25, 0.3) is 0 Å². The first-order chi connectivity index (χ1) is 61.9. The first kappa shape index (κ1) is 89.3. The highest BCUT2D eigenvalue weighted by Gasteiger charge is 2.30. The molecule has 13 heterocycles. The third kappa shape index (κ3) is 23.0. The molecule has 9 aromatic heterocycles. The number of benzene rings is 4. The number of hydrogen-bond acceptors (Lipinski definition) is 22. The molecule has 31 heteroatoms. The molecule has 0 bridgehead atoms. The zero-order valence-corrected chi connectivity index (χ0v) is 74.0. The van der Waals surface area contributed by atoms with Crippen molar-refractivity contribution in [2.45, 2.75) is 120 Å². The van der Waals surface area contributed by atoms with Gasteiger partial charge in [0.2, 0.25) is 47.4 Å². The number of carbonyl (C=O) groups is 4. The molecule has 30 nitrogen and oxygen atoms in total. The van der Waals surface area contributed by atoms with Gasteiger partial charge in [-0.25, -0.2) is 44.3 Å². The van der Waals surface area contributed by atoms with Gasteiger partial charge in [-0.05, 0) is 135 Å². The van der Waals surface area contributed by atoms with E-state index in [1.54, 1.807) is 55.0 Å². The number of rotatable bonds is 24. The summed E-state index contributed by atoms with van der Waals surface area (Å²) < 4.78 is 25.5. The number of methoxy groups -OCH3 is 1. The molecule has 127 heavy (non-hydrogen) atoms. The van der Waals surface area contributed by atoms with E-state index in [1.807, 2.05) is 107 Å². The van der Waals surface area contributed by atoms with Gasteiger partial charge in [0.1, 0.15) is 26.2 Å². The van der Waals surface area contributed by atoms with Crippen LogP contribution in [-0.2, 0) is 83.9 Å². The highest BCUT2D eigenvalue weighted by Crippen LogP contribution is 2.30. The monoisotopic (exact) mass is 1710 g/mol. The van der Waals surface area contributed by atoms with Crippen LogP contribution in [0.2, 0.25) is 0 Å². The summed E-state index contributed by atoms with van der Waals surface area (Å²) in [5.74, 6) is 3.06. The first-order valence-corrected chi connectivity index (χ1v) is 44.0. The fourth-order valence-electron chi connectivity index (χ4n) is 15.7. The van der Waals surface area contributed by atoms with Crippen molar-refractivity contribution in [3.63, 3.8) is 0 Å². The van der Waals surface area contributed by atoms with E-state index in [-0.39, 0.29) is 49.8 Å². The minimum absolute atomic E-state index is 0.0430. The van der Waals surface area contributed by atoms with Gasteiger partial charge in [-0.2, -0.15) is 20.4 Å². The van der Waals surface area contributed by atoms with Crippen LogP contribution in [-0.4, -0.2) is 239 Å². The number of pyridine rings is 1. The molecule has 0 unspecified atom stereocenters. The largest absolute Gasteiger partial charge is 0.494 e. The highest BCUT2D eigenvalue weighted by atomic mass is 19.1. The molecule has 0 saturated carbocycles. The van der Waals surface area contributed by atoms with Gasteiger partial charge in [-0.1, -0.05) is 133 Å². The van der Waals surface area contributed by atoms with Crippen molar-refractivity contribution in [1.29, 1.82) is 0 Å². The van der Waals surface area contributed by atoms with E-state index >= 15 is 0 Å². The first-order valence-electron chi connectivity index (χ1n) is 44.0. The topological polar surface area (TPSA) is 291 Å². The molecule has 4 fully saturated rings. The van der Waals surface area contributed by atoms with Crippen LogP contribution in [0.25, 0.3) is 56.4 Å². The Morgan fingerprint density at radius 3 is 0.992 bits per heavy atom. The lowest BCUT2D eigenvalue weighted by Crippen LogP contribution is -2.50. The summed E-state index contributed by atoms with van der Waals surface area (Å²) in [6, 6.07) is 51.3. The fraction of sp³-hybridized carbons (Fsp3) is 0.365. The Bertz CT molecular complexity index is 5780. The summed E-state index contributed by atoms with van der Waals surface area (Å²) in [7, 11) is 1.59. The van der Waals surface area contributed by atoms with Gasteiger partial charge >= 0.3 is 0 Å². The van der Waals surface area contributed by atoms with Gasteiger partial charge in [0.15, 0.2) is 11.6 Å². The number of aryl methyl sites for hydroxylation is 8. The lowest BCUT2D eigenvalue weighted by molar-refractivity contribution is -0.133. The maximum Gasteiger partial charge on any atom is 0.244 e. The van der Waals surface area contributed by atoms with Gasteiger partial charge < -0.3 is 43.9 Å². The molecular weight excluding hydrogens is 1600 g/mol. The molecule has 4 aliphatic heterocycles. The molecule has 0 spiro atoms. The fourth-order valence-corrected chi connectivity index (χ4v) is 15.7. The average Bonchev–Trinajstić information content (AvgIpc) is 1.68. The van der Waals surface area contributed by atoms with E-state index in [2.05, 4.69) is 187 Å². The summed E-state index contributed by atoms with van der Waals surface area (Å²) in [5.41, 5.74) is 18.7. The molecule has 4 saturated heterocycles. The van der Waals surface area contributed by atoms with Crippen molar-refractivity contribution in [3.8, 4) is 62.2 Å². The van der Waals surface area contributed by atoms with Crippen LogP contribution in [0.5, 0.6) is 5.75 Å². The predicted octanol–water partition coefficient (Wildman–Crippen LogP) is 12.0. The van der Waals surface area contributed by atoms with E-state index < -0.39 is 5.82 Å². The Kier molecular flexibility index (Phi) is 30.3. The van der Waals surface area contributed by atoms with Crippen molar-refractivity contribution in [1.82, 2.24) is 104 Å². The third-order valence-corrected chi connectivity index (χ3v) is 23.4. The zero-order valence-electron chi connectivity index (χ0n) is 74.0. The van der Waals surface area contributed by atoms with Gasteiger partial charge in [0, 0.05) is 175 Å². The van der Waals surface area contributed by atoms with Crippen molar-refractivity contribution < 1.29 is 28.3 Å². The molecule has 4 aromatic carbocycles. The second-order valence-corrected chi connectivity index (χ2v) is 31.5. The van der Waals surface area contributed by atoms with E-state index in [0.717, 1.165) is 155 Å². The summed E-state index contributed by atoms with van der Waals surface area (Å²) in [6.07, 6.45) is 18.1. The van der Waals surface area contributed by atoms with Crippen LogP contribution in [0.1, 0.15) is 86.6 Å². The minimum atomic E-state index is -0.454. The van der Waals surface area contributed by atoms with Crippen molar-refractivity contribution >= 4 is 47.4 Å². The molecule has 17 rings (SSSR count). The second-order valence-electron chi connectivity index (χ2n) is 31.5. The number of amides is 4. The van der Waals surface area contributed by atoms with Crippen LogP contribution in [0.15, 0.2) is 201 Å². The maximum atomic E-state index is 13.3. The SMILES string of the molecule is CCc1cccc(-c2cc(CC)n(CC(=O)N3CCN(c4ncc(F)cn4)CC3)n2)c1.CCc1cccc(-c2cc(CC)n(CC(=O)N3CCN(c4ncc(OC)cn4)CC3)n2)c1.CCc1cccc(-c2cc(CC)n(CC(=O)N3CCN(c4ncccn4)CC3)n2)c1.Cc1ccc(-c2cc(-c3ccccc3)nn2CC(=O)N2CCN(c3ncccn3)CC2)nc1C. The van der Waals surface area contributed by atoms with Crippen LogP contribution >= 0.6 is 0 Å². The molecule has 658 valence electrons. The lowest BCUT2D eigenvalue weighted by Gasteiger charge is -2.34. The molecular formula is C96H112FN25O5. The van der Waals surface area contributed by atoms with Crippen LogP contribution in [0.3, 0.4) is 0 Å². The predicted molar refractivity (Wildman–Crippen MR) is 489 cm³/mol. The quantitative estimate of drug-likeness (QED) is 0.0543. The lowest BCUT2D eigenvalue weighted by atomic mass is 10.1. The number of carbonyl (C=O) groups excluding carboxylic acids is 4. The number of halogens is 1. The molecule has 0 aliphatic carbocycles. The van der Waals surface area contributed by atoms with Gasteiger partial charge in [-0.15, -0.1) is 0 Å². The van der Waals surface area contributed by atoms with E-state index in [1.165, 1.54) is 16.7 Å². The molecule has 0 radical (unpaired) electrons. The van der Waals surface area contributed by atoms with E-state index in [9.17, 15) is 23.6 Å². The van der Waals surface area contributed by atoms with Gasteiger partial charge in [0.05, 0.1) is 66.1 Å². The Labute approximate surface area is 741 Å². The molecule has 0 atom stereocenters. The maximum absolute atomic E-state index is 13.3. The molecule has 4 amide bonds. The Morgan fingerprint density at radius 1 is 0.331 bits per heavy atom.